The summed E-state index contributed by atoms with van der Waals surface area (Å²) >= 11 is 0. The van der Waals surface area contributed by atoms with E-state index in [1.807, 2.05) is 0 Å². The minimum Gasteiger partial charge on any atom is -0.351 e. The van der Waals surface area contributed by atoms with E-state index in [1.54, 1.807) is 0 Å². The van der Waals surface area contributed by atoms with Gasteiger partial charge in [0.25, 0.3) is 11.5 Å². The molecule has 23 heavy (non-hydrogen) atoms. The number of aromatic nitrogens is 3. The van der Waals surface area contributed by atoms with Gasteiger partial charge >= 0.3 is 5.69 Å². The summed E-state index contributed by atoms with van der Waals surface area (Å²) in [6, 6.07) is 1.47. The third-order valence-corrected chi connectivity index (χ3v) is 3.57. The third-order valence-electron chi connectivity index (χ3n) is 3.57. The number of fused-ring (bicyclic) bond motifs is 1. The molecular weight excluding hydrogens is 298 g/mol. The number of nitrogens with one attached hydrogen (secondary N) is 2. The van der Waals surface area contributed by atoms with E-state index in [2.05, 4.69) is 22.5 Å². The van der Waals surface area contributed by atoms with Gasteiger partial charge < -0.3 is 10.6 Å². The monoisotopic (exact) mass is 319 g/mol. The van der Waals surface area contributed by atoms with Gasteiger partial charge in [-0.05, 0) is 19.0 Å². The number of carbonyl (C=O) groups is 1. The SMILES string of the molecule is CCCNCCNC(=O)c1cnc2c(c1)c(=O)n(C)c(=O)n2C. The predicted molar refractivity (Wildman–Crippen MR) is 87.7 cm³/mol. The fourth-order valence-electron chi connectivity index (χ4n) is 2.26. The lowest BCUT2D eigenvalue weighted by molar-refractivity contribution is 0.0953. The Kier molecular flexibility index (Phi) is 5.28. The zero-order valence-corrected chi connectivity index (χ0v) is 13.5. The molecule has 0 saturated carbocycles. The van der Waals surface area contributed by atoms with Crippen molar-refractivity contribution < 1.29 is 4.79 Å². The lowest BCUT2D eigenvalue weighted by atomic mass is 10.2. The first-order chi connectivity index (χ1) is 11.0. The van der Waals surface area contributed by atoms with Gasteiger partial charge in [-0.15, -0.1) is 0 Å². The van der Waals surface area contributed by atoms with Gasteiger partial charge in [0.2, 0.25) is 0 Å². The predicted octanol–water partition coefficient (Wildman–Crippen LogP) is -0.638. The summed E-state index contributed by atoms with van der Waals surface area (Å²) < 4.78 is 2.29. The van der Waals surface area contributed by atoms with Gasteiger partial charge in [-0.3, -0.25) is 18.7 Å². The topological polar surface area (TPSA) is 98.0 Å². The number of hydrogen-bond donors (Lipinski definition) is 2. The van der Waals surface area contributed by atoms with Gasteiger partial charge in [0.15, 0.2) is 0 Å². The van der Waals surface area contributed by atoms with E-state index < -0.39 is 11.2 Å². The maximum absolute atomic E-state index is 12.2. The summed E-state index contributed by atoms with van der Waals surface area (Å²) in [5.41, 5.74) is -0.355. The van der Waals surface area contributed by atoms with Crippen molar-refractivity contribution in [3.63, 3.8) is 0 Å². The molecule has 0 atom stereocenters. The smallest absolute Gasteiger partial charge is 0.332 e. The molecule has 0 radical (unpaired) electrons. The number of pyridine rings is 1. The van der Waals surface area contributed by atoms with Crippen LogP contribution in [0.3, 0.4) is 0 Å². The van der Waals surface area contributed by atoms with Crippen molar-refractivity contribution in [3.05, 3.63) is 38.7 Å². The zero-order chi connectivity index (χ0) is 17.0. The summed E-state index contributed by atoms with van der Waals surface area (Å²) in [7, 11) is 2.94. The Hall–Kier alpha value is -2.48. The van der Waals surface area contributed by atoms with Crippen LogP contribution >= 0.6 is 0 Å². The van der Waals surface area contributed by atoms with Gasteiger partial charge in [0.1, 0.15) is 5.65 Å². The molecule has 2 aromatic rings. The summed E-state index contributed by atoms with van der Waals surface area (Å²) in [6.45, 7) is 4.14. The first kappa shape index (κ1) is 16.9. The van der Waals surface area contributed by atoms with E-state index in [0.29, 0.717) is 18.7 Å². The Morgan fingerprint density at radius 1 is 1.17 bits per heavy atom. The number of nitrogens with zero attached hydrogens (tertiary/aromatic N) is 3. The van der Waals surface area contributed by atoms with Crippen LogP contribution in [0.15, 0.2) is 21.9 Å². The summed E-state index contributed by atoms with van der Waals surface area (Å²) in [4.78, 5) is 40.2. The molecule has 0 saturated heterocycles. The van der Waals surface area contributed by atoms with Crippen molar-refractivity contribution in [1.82, 2.24) is 24.8 Å². The fourth-order valence-corrected chi connectivity index (χ4v) is 2.26. The van der Waals surface area contributed by atoms with Crippen molar-refractivity contribution in [3.8, 4) is 0 Å². The molecule has 0 spiro atoms. The van der Waals surface area contributed by atoms with Gasteiger partial charge in [0, 0.05) is 33.4 Å². The molecule has 8 nitrogen and oxygen atoms in total. The van der Waals surface area contributed by atoms with Crippen LogP contribution in [0.25, 0.3) is 11.0 Å². The highest BCUT2D eigenvalue weighted by Crippen LogP contribution is 2.07. The van der Waals surface area contributed by atoms with E-state index >= 15 is 0 Å². The average Bonchev–Trinajstić information content (AvgIpc) is 2.57. The molecular formula is C15H21N5O3. The number of amides is 1. The molecule has 2 N–H and O–H groups in total. The van der Waals surface area contributed by atoms with Crippen LogP contribution < -0.4 is 21.9 Å². The van der Waals surface area contributed by atoms with Crippen molar-refractivity contribution >= 4 is 16.9 Å². The molecule has 8 heteroatoms. The molecule has 2 rings (SSSR count). The van der Waals surface area contributed by atoms with Crippen LogP contribution in [0.5, 0.6) is 0 Å². The van der Waals surface area contributed by atoms with Crippen LogP contribution in [-0.2, 0) is 14.1 Å². The second-order valence-corrected chi connectivity index (χ2v) is 5.31. The van der Waals surface area contributed by atoms with Crippen molar-refractivity contribution in [1.29, 1.82) is 0 Å². The van der Waals surface area contributed by atoms with E-state index in [1.165, 1.54) is 30.9 Å². The summed E-state index contributed by atoms with van der Waals surface area (Å²) in [6.07, 6.45) is 2.40. The van der Waals surface area contributed by atoms with Crippen LogP contribution in [0.1, 0.15) is 23.7 Å². The van der Waals surface area contributed by atoms with Crippen molar-refractivity contribution in [2.75, 3.05) is 19.6 Å². The van der Waals surface area contributed by atoms with E-state index in [9.17, 15) is 14.4 Å². The maximum Gasteiger partial charge on any atom is 0.332 e. The molecule has 124 valence electrons. The van der Waals surface area contributed by atoms with E-state index in [4.69, 9.17) is 0 Å². The van der Waals surface area contributed by atoms with E-state index in [0.717, 1.165) is 17.5 Å². The molecule has 2 aromatic heterocycles. The molecule has 0 unspecified atom stereocenters. The fraction of sp³-hybridized carbons (Fsp3) is 0.467. The maximum atomic E-state index is 12.2. The molecule has 0 aliphatic heterocycles. The minimum atomic E-state index is -0.463. The molecule has 0 aliphatic carbocycles. The Morgan fingerprint density at radius 2 is 1.91 bits per heavy atom. The average molecular weight is 319 g/mol. The third kappa shape index (κ3) is 3.48. The van der Waals surface area contributed by atoms with E-state index in [-0.39, 0.29) is 16.9 Å². The minimum absolute atomic E-state index is 0.242. The Balaban J connectivity index is 2.25. The number of aryl methyl sites for hydroxylation is 1. The Labute approximate surface area is 133 Å². The van der Waals surface area contributed by atoms with Gasteiger partial charge in [-0.2, -0.15) is 0 Å². The molecule has 0 fully saturated rings. The molecule has 0 aromatic carbocycles. The lowest BCUT2D eigenvalue weighted by Gasteiger charge is -2.09. The second-order valence-electron chi connectivity index (χ2n) is 5.31. The number of carbonyl (C=O) groups excluding carboxylic acids is 1. The molecule has 0 bridgehead atoms. The molecule has 0 aliphatic rings. The van der Waals surface area contributed by atoms with Gasteiger partial charge in [-0.25, -0.2) is 9.78 Å². The Morgan fingerprint density at radius 3 is 2.61 bits per heavy atom. The summed E-state index contributed by atoms with van der Waals surface area (Å²) in [5, 5.41) is 6.19. The van der Waals surface area contributed by atoms with Crippen LogP contribution in [-0.4, -0.2) is 39.7 Å². The van der Waals surface area contributed by atoms with Crippen molar-refractivity contribution in [2.24, 2.45) is 14.1 Å². The number of hydrogen-bond acceptors (Lipinski definition) is 5. The van der Waals surface area contributed by atoms with Crippen molar-refractivity contribution in [2.45, 2.75) is 13.3 Å². The zero-order valence-electron chi connectivity index (χ0n) is 13.5. The van der Waals surface area contributed by atoms with Crippen LogP contribution in [0.2, 0.25) is 0 Å². The van der Waals surface area contributed by atoms with Crippen LogP contribution in [0, 0.1) is 0 Å². The first-order valence-electron chi connectivity index (χ1n) is 7.52. The first-order valence-corrected chi connectivity index (χ1v) is 7.52. The normalized spacial score (nSPS) is 10.9. The second kappa shape index (κ2) is 7.19. The standard InChI is InChI=1S/C15H21N5O3/c1-4-5-16-6-7-17-13(21)10-8-11-12(18-9-10)19(2)15(23)20(3)14(11)22/h8-9,16H,4-7H2,1-3H3,(H,17,21). The number of rotatable bonds is 6. The quantitative estimate of drug-likeness (QED) is 0.690. The van der Waals surface area contributed by atoms with Gasteiger partial charge in [-0.1, -0.05) is 6.92 Å². The lowest BCUT2D eigenvalue weighted by Crippen LogP contribution is -2.37. The highest BCUT2D eigenvalue weighted by molar-refractivity contribution is 5.96. The highest BCUT2D eigenvalue weighted by Gasteiger charge is 2.13. The Bertz CT molecular complexity index is 837. The highest BCUT2D eigenvalue weighted by atomic mass is 16.2. The molecule has 1 amide bonds. The summed E-state index contributed by atoms with van der Waals surface area (Å²) in [5.74, 6) is -0.298. The van der Waals surface area contributed by atoms with Gasteiger partial charge in [0.05, 0.1) is 10.9 Å². The molecule has 2 heterocycles. The van der Waals surface area contributed by atoms with Crippen LogP contribution in [0.4, 0.5) is 0 Å². The largest absolute Gasteiger partial charge is 0.351 e.